The largest absolute Gasteiger partial charge is 0.496 e. The predicted octanol–water partition coefficient (Wildman–Crippen LogP) is 4.77. The molecule has 0 bridgehead atoms. The molecule has 33 heavy (non-hydrogen) atoms. The van der Waals surface area contributed by atoms with Crippen molar-refractivity contribution in [2.75, 3.05) is 7.11 Å². The van der Waals surface area contributed by atoms with Crippen LogP contribution in [0.2, 0.25) is 10.0 Å². The molecule has 0 heterocycles. The van der Waals surface area contributed by atoms with Crippen LogP contribution in [0.1, 0.15) is 24.1 Å². The van der Waals surface area contributed by atoms with E-state index in [0.29, 0.717) is 5.75 Å². The Kier molecular flexibility index (Phi) is 8.37. The van der Waals surface area contributed by atoms with Crippen molar-refractivity contribution in [2.45, 2.75) is 30.3 Å². The van der Waals surface area contributed by atoms with Crippen LogP contribution in [0.3, 0.4) is 0 Å². The SMILES string of the molecule is COc1ccccc1[C@H](C)NC(=O)[C@H](Cc1ccccc1)NS(=O)(=O)c1cc(Cl)ccc1Cl. The number of carbonyl (C=O) groups is 1. The van der Waals surface area contributed by atoms with Crippen molar-refractivity contribution >= 4 is 39.1 Å². The lowest BCUT2D eigenvalue weighted by atomic mass is 10.0. The van der Waals surface area contributed by atoms with E-state index >= 15 is 0 Å². The molecular formula is C24H24Cl2N2O4S. The van der Waals surface area contributed by atoms with Crippen molar-refractivity contribution < 1.29 is 17.9 Å². The van der Waals surface area contributed by atoms with E-state index in [2.05, 4.69) is 10.0 Å². The standard InChI is InChI=1S/C24H24Cl2N2O4S/c1-16(19-10-6-7-11-22(19)32-2)27-24(29)21(14-17-8-4-3-5-9-17)28-33(30,31)23-15-18(25)12-13-20(23)26/h3-13,15-16,21,28H,14H2,1-2H3,(H,27,29)/t16-,21-/m0/s1. The van der Waals surface area contributed by atoms with Crippen LogP contribution in [0.4, 0.5) is 0 Å². The summed E-state index contributed by atoms with van der Waals surface area (Å²) in [7, 11) is -2.59. The van der Waals surface area contributed by atoms with Gasteiger partial charge in [0.1, 0.15) is 16.7 Å². The van der Waals surface area contributed by atoms with E-state index in [9.17, 15) is 13.2 Å². The quantitative estimate of drug-likeness (QED) is 0.437. The zero-order chi connectivity index (χ0) is 24.0. The van der Waals surface area contributed by atoms with Crippen LogP contribution in [-0.2, 0) is 21.2 Å². The van der Waals surface area contributed by atoms with E-state index in [1.807, 2.05) is 48.5 Å². The van der Waals surface area contributed by atoms with E-state index in [1.54, 1.807) is 20.1 Å². The first kappa shape index (κ1) is 25.1. The lowest BCUT2D eigenvalue weighted by Crippen LogP contribution is -2.48. The first-order chi connectivity index (χ1) is 15.7. The molecule has 1 amide bonds. The summed E-state index contributed by atoms with van der Waals surface area (Å²) in [6.07, 6.45) is 0.142. The number of nitrogens with one attached hydrogen (secondary N) is 2. The van der Waals surface area contributed by atoms with Gasteiger partial charge in [0.25, 0.3) is 0 Å². The molecule has 0 aliphatic rings. The van der Waals surface area contributed by atoms with Crippen molar-refractivity contribution in [3.05, 3.63) is 94.0 Å². The Hall–Kier alpha value is -2.58. The van der Waals surface area contributed by atoms with Crippen molar-refractivity contribution in [2.24, 2.45) is 0 Å². The maximum Gasteiger partial charge on any atom is 0.242 e. The van der Waals surface area contributed by atoms with E-state index in [1.165, 1.54) is 18.2 Å². The summed E-state index contributed by atoms with van der Waals surface area (Å²) in [6.45, 7) is 1.80. The van der Waals surface area contributed by atoms with Crippen LogP contribution < -0.4 is 14.8 Å². The highest BCUT2D eigenvalue weighted by Gasteiger charge is 2.29. The molecule has 2 N–H and O–H groups in total. The van der Waals surface area contributed by atoms with Crippen molar-refractivity contribution in [3.63, 3.8) is 0 Å². The molecule has 3 aromatic rings. The number of amides is 1. The summed E-state index contributed by atoms with van der Waals surface area (Å²) in [5, 5.41) is 3.11. The number of para-hydroxylation sites is 1. The molecule has 3 aromatic carbocycles. The Bertz CT molecular complexity index is 1220. The van der Waals surface area contributed by atoms with Gasteiger partial charge >= 0.3 is 0 Å². The van der Waals surface area contributed by atoms with Gasteiger partial charge < -0.3 is 10.1 Å². The third-order valence-corrected chi connectivity index (χ3v) is 7.23. The average molecular weight is 507 g/mol. The first-order valence-electron chi connectivity index (χ1n) is 10.2. The van der Waals surface area contributed by atoms with E-state index < -0.39 is 28.0 Å². The van der Waals surface area contributed by atoms with Crippen molar-refractivity contribution in [1.29, 1.82) is 0 Å². The third-order valence-electron chi connectivity index (χ3n) is 5.04. The number of halogens is 2. The Morgan fingerprint density at radius 1 is 1.00 bits per heavy atom. The highest BCUT2D eigenvalue weighted by molar-refractivity contribution is 7.89. The normalized spacial score (nSPS) is 13.2. The molecule has 174 valence electrons. The molecule has 3 rings (SSSR count). The molecule has 6 nitrogen and oxygen atoms in total. The number of sulfonamides is 1. The van der Waals surface area contributed by atoms with Gasteiger partial charge in [-0.3, -0.25) is 4.79 Å². The van der Waals surface area contributed by atoms with Gasteiger partial charge in [0.2, 0.25) is 15.9 Å². The number of hydrogen-bond acceptors (Lipinski definition) is 4. The van der Waals surface area contributed by atoms with E-state index in [-0.39, 0.29) is 21.4 Å². The van der Waals surface area contributed by atoms with Crippen LogP contribution in [0.15, 0.2) is 77.7 Å². The average Bonchev–Trinajstić information content (AvgIpc) is 2.80. The summed E-state index contributed by atoms with van der Waals surface area (Å²) < 4.78 is 34.1. The Morgan fingerprint density at radius 3 is 2.36 bits per heavy atom. The molecule has 0 saturated heterocycles. The van der Waals surface area contributed by atoms with E-state index in [0.717, 1.165) is 11.1 Å². The van der Waals surface area contributed by atoms with Crippen LogP contribution >= 0.6 is 23.2 Å². The molecule has 0 fully saturated rings. The van der Waals surface area contributed by atoms with Gasteiger partial charge in [0.05, 0.1) is 18.2 Å². The molecular weight excluding hydrogens is 483 g/mol. The predicted molar refractivity (Wildman–Crippen MR) is 130 cm³/mol. The lowest BCUT2D eigenvalue weighted by Gasteiger charge is -2.23. The third kappa shape index (κ3) is 6.48. The highest BCUT2D eigenvalue weighted by atomic mass is 35.5. The monoisotopic (exact) mass is 506 g/mol. The minimum atomic E-state index is -4.14. The number of rotatable bonds is 9. The summed E-state index contributed by atoms with van der Waals surface area (Å²) in [4.78, 5) is 13.1. The lowest BCUT2D eigenvalue weighted by molar-refractivity contribution is -0.123. The first-order valence-corrected chi connectivity index (χ1v) is 12.4. The van der Waals surface area contributed by atoms with Gasteiger partial charge in [-0.2, -0.15) is 4.72 Å². The highest BCUT2D eigenvalue weighted by Crippen LogP contribution is 2.26. The number of ether oxygens (including phenoxy) is 1. The molecule has 0 aliphatic carbocycles. The Morgan fingerprint density at radius 2 is 1.67 bits per heavy atom. The van der Waals surface area contributed by atoms with E-state index in [4.69, 9.17) is 27.9 Å². The molecule has 2 atom stereocenters. The second kappa shape index (κ2) is 11.0. The van der Waals surface area contributed by atoms with Gasteiger partial charge in [-0.15, -0.1) is 0 Å². The van der Waals surface area contributed by atoms with Gasteiger partial charge in [-0.05, 0) is 43.2 Å². The van der Waals surface area contributed by atoms with Crippen LogP contribution in [0.5, 0.6) is 5.75 Å². The number of hydrogen-bond donors (Lipinski definition) is 2. The summed E-state index contributed by atoms with van der Waals surface area (Å²) in [5.74, 6) is 0.134. The fourth-order valence-electron chi connectivity index (χ4n) is 3.39. The molecule has 0 radical (unpaired) electrons. The van der Waals surface area contributed by atoms with Gasteiger partial charge in [0.15, 0.2) is 0 Å². The van der Waals surface area contributed by atoms with Crippen LogP contribution in [0, 0.1) is 0 Å². The molecule has 0 saturated carbocycles. The zero-order valence-electron chi connectivity index (χ0n) is 18.1. The van der Waals surface area contributed by atoms with Crippen molar-refractivity contribution in [3.8, 4) is 5.75 Å². The van der Waals surface area contributed by atoms with Crippen LogP contribution in [0.25, 0.3) is 0 Å². The maximum absolute atomic E-state index is 13.3. The van der Waals surface area contributed by atoms with Gasteiger partial charge in [-0.1, -0.05) is 71.7 Å². The zero-order valence-corrected chi connectivity index (χ0v) is 20.4. The number of methoxy groups -OCH3 is 1. The molecule has 0 spiro atoms. The summed E-state index contributed by atoms with van der Waals surface area (Å²) in [5.41, 5.74) is 1.56. The van der Waals surface area contributed by atoms with Crippen molar-refractivity contribution in [1.82, 2.24) is 10.0 Å². The molecule has 0 aliphatic heterocycles. The maximum atomic E-state index is 13.3. The Balaban J connectivity index is 1.89. The minimum absolute atomic E-state index is 0.00755. The summed E-state index contributed by atoms with van der Waals surface area (Å²) in [6, 6.07) is 19.1. The second-order valence-electron chi connectivity index (χ2n) is 7.41. The summed E-state index contributed by atoms with van der Waals surface area (Å²) >= 11 is 12.1. The fourth-order valence-corrected chi connectivity index (χ4v) is 5.35. The Labute approximate surface area is 203 Å². The topological polar surface area (TPSA) is 84.5 Å². The van der Waals surface area contributed by atoms with Gasteiger partial charge in [0, 0.05) is 10.6 Å². The smallest absolute Gasteiger partial charge is 0.242 e. The molecule has 0 aromatic heterocycles. The molecule has 9 heteroatoms. The van der Waals surface area contributed by atoms with Crippen LogP contribution in [-0.4, -0.2) is 27.5 Å². The fraction of sp³-hybridized carbons (Fsp3) is 0.208. The second-order valence-corrected chi connectivity index (χ2v) is 9.94. The number of benzene rings is 3. The van der Waals surface area contributed by atoms with Gasteiger partial charge in [-0.25, -0.2) is 8.42 Å². The molecule has 0 unspecified atom stereocenters. The minimum Gasteiger partial charge on any atom is -0.496 e. The number of carbonyl (C=O) groups excluding carboxylic acids is 1.